The van der Waals surface area contributed by atoms with Crippen molar-refractivity contribution in [2.24, 2.45) is 0 Å². The van der Waals surface area contributed by atoms with Gasteiger partial charge in [-0.25, -0.2) is 0 Å². The van der Waals surface area contributed by atoms with Crippen molar-refractivity contribution in [3.8, 4) is 5.75 Å². The molecule has 0 saturated carbocycles. The fourth-order valence-corrected chi connectivity index (χ4v) is 4.59. The van der Waals surface area contributed by atoms with E-state index in [1.807, 2.05) is 24.3 Å². The van der Waals surface area contributed by atoms with E-state index in [4.69, 9.17) is 17.0 Å². The third kappa shape index (κ3) is 4.08. The second-order valence-electron chi connectivity index (χ2n) is 6.89. The van der Waals surface area contributed by atoms with E-state index in [1.54, 1.807) is 12.0 Å². The van der Waals surface area contributed by atoms with E-state index >= 15 is 0 Å². The van der Waals surface area contributed by atoms with Crippen LogP contribution in [-0.4, -0.2) is 36.9 Å². The summed E-state index contributed by atoms with van der Waals surface area (Å²) >= 11 is 5.52. The van der Waals surface area contributed by atoms with Crippen LogP contribution in [0.5, 0.6) is 5.75 Å². The zero-order valence-corrected chi connectivity index (χ0v) is 15.2. The molecule has 0 spiro atoms. The van der Waals surface area contributed by atoms with Gasteiger partial charge in [0.1, 0.15) is 5.75 Å². The summed E-state index contributed by atoms with van der Waals surface area (Å²) in [6.07, 6.45) is 8.49. The molecule has 0 unspecified atom stereocenters. The predicted molar refractivity (Wildman–Crippen MR) is 103 cm³/mol. The van der Waals surface area contributed by atoms with Crippen LogP contribution in [0.4, 0.5) is 5.69 Å². The minimum Gasteiger partial charge on any atom is -0.497 e. The van der Waals surface area contributed by atoms with Crippen LogP contribution in [0.15, 0.2) is 36.9 Å². The van der Waals surface area contributed by atoms with Gasteiger partial charge in [-0.15, -0.1) is 0 Å². The zero-order chi connectivity index (χ0) is 16.9. The molecular weight excluding hydrogens is 318 g/mol. The van der Waals surface area contributed by atoms with Crippen molar-refractivity contribution in [1.29, 1.82) is 0 Å². The van der Waals surface area contributed by atoms with Crippen LogP contribution in [-0.2, 0) is 0 Å². The van der Waals surface area contributed by atoms with Gasteiger partial charge in [0.05, 0.1) is 25.7 Å². The molecule has 0 aliphatic carbocycles. The molecule has 2 bridgehead atoms. The number of rotatable bonds is 5. The van der Waals surface area contributed by atoms with Gasteiger partial charge in [0, 0.05) is 30.6 Å². The summed E-state index contributed by atoms with van der Waals surface area (Å²) in [5.41, 5.74) is 0.960. The first kappa shape index (κ1) is 17.2. The van der Waals surface area contributed by atoms with E-state index in [0.717, 1.165) is 30.1 Å². The number of fused-ring (bicyclic) bond motifs is 2. The monoisotopic (exact) mass is 346 g/mol. The van der Waals surface area contributed by atoms with Gasteiger partial charge in [0.2, 0.25) is 0 Å². The Balaban J connectivity index is 1.56. The maximum Gasteiger partial charge on any atom is 0.171 e. The highest BCUT2D eigenvalue weighted by molar-refractivity contribution is 7.80. The topological polar surface area (TPSA) is 37.7 Å². The zero-order valence-electron chi connectivity index (χ0n) is 14.4. The average Bonchev–Trinajstić information content (AvgIpc) is 2.56. The Hall–Kier alpha value is -1.59. The first-order valence-electron chi connectivity index (χ1n) is 8.87. The number of hydrogen-bond acceptors (Lipinski definition) is 2. The third-order valence-electron chi connectivity index (χ3n) is 5.33. The minimum absolute atomic E-state index is 0.472. The number of piperidine rings is 2. The summed E-state index contributed by atoms with van der Waals surface area (Å²) < 4.78 is 5.26. The highest BCUT2D eigenvalue weighted by atomic mass is 32.1. The highest BCUT2D eigenvalue weighted by Crippen LogP contribution is 2.22. The first-order chi connectivity index (χ1) is 11.7. The van der Waals surface area contributed by atoms with E-state index in [2.05, 4.69) is 23.3 Å². The van der Waals surface area contributed by atoms with Crippen LogP contribution in [0, 0.1) is 0 Å². The molecule has 2 aliphatic rings. The number of ether oxygens (including phenoxy) is 1. The molecule has 24 heavy (non-hydrogen) atoms. The molecule has 1 aromatic rings. The SMILES string of the molecule is C=CC[NH+]1[C@@H]2CCC[C@@H]1CC(NC(=S)Nc1cccc(OC)c1)C2. The van der Waals surface area contributed by atoms with Gasteiger partial charge in [0.15, 0.2) is 5.11 Å². The lowest BCUT2D eigenvalue weighted by Gasteiger charge is -2.45. The summed E-state index contributed by atoms with van der Waals surface area (Å²) in [6, 6.07) is 9.81. The Morgan fingerprint density at radius 3 is 2.79 bits per heavy atom. The largest absolute Gasteiger partial charge is 0.497 e. The van der Waals surface area contributed by atoms with Crippen molar-refractivity contribution >= 4 is 23.0 Å². The van der Waals surface area contributed by atoms with Crippen LogP contribution in [0.1, 0.15) is 32.1 Å². The number of nitrogens with one attached hydrogen (secondary N) is 3. The van der Waals surface area contributed by atoms with E-state index in [-0.39, 0.29) is 0 Å². The van der Waals surface area contributed by atoms with Crippen molar-refractivity contribution in [2.45, 2.75) is 50.2 Å². The molecule has 2 aliphatic heterocycles. The van der Waals surface area contributed by atoms with Gasteiger partial charge in [-0.1, -0.05) is 12.6 Å². The number of benzene rings is 1. The molecule has 130 valence electrons. The highest BCUT2D eigenvalue weighted by Gasteiger charge is 2.41. The van der Waals surface area contributed by atoms with Crippen LogP contribution in [0.3, 0.4) is 0 Å². The summed E-state index contributed by atoms with van der Waals surface area (Å²) in [4.78, 5) is 1.74. The number of hydrogen-bond donors (Lipinski definition) is 3. The molecule has 0 amide bonds. The fraction of sp³-hybridized carbons (Fsp3) is 0.526. The molecule has 3 rings (SSSR count). The second-order valence-corrected chi connectivity index (χ2v) is 7.30. The molecule has 5 heteroatoms. The maximum atomic E-state index is 5.52. The lowest BCUT2D eigenvalue weighted by Crippen LogP contribution is -3.21. The normalized spacial score (nSPS) is 28.7. The van der Waals surface area contributed by atoms with E-state index < -0.39 is 0 Å². The van der Waals surface area contributed by atoms with Gasteiger partial charge >= 0.3 is 0 Å². The number of anilines is 1. The summed E-state index contributed by atoms with van der Waals surface area (Å²) in [5, 5.41) is 7.53. The van der Waals surface area contributed by atoms with Gasteiger partial charge < -0.3 is 20.3 Å². The van der Waals surface area contributed by atoms with E-state index in [0.29, 0.717) is 11.2 Å². The Labute approximate surface area is 150 Å². The fourth-order valence-electron chi connectivity index (χ4n) is 4.31. The lowest BCUT2D eigenvalue weighted by molar-refractivity contribution is -0.955. The number of methoxy groups -OCH3 is 1. The Morgan fingerprint density at radius 2 is 2.12 bits per heavy atom. The molecule has 2 saturated heterocycles. The molecule has 2 heterocycles. The standard InChI is InChI=1S/C19H27N3OS/c1-3-10-22-16-7-5-8-17(22)12-15(11-16)21-19(24)20-14-6-4-9-18(13-14)23-2/h3-4,6,9,13,15-17H,1,5,7-8,10-12H2,2H3,(H2,20,21,24)/p+1/t16-,17-/m1/s1. The Morgan fingerprint density at radius 1 is 1.38 bits per heavy atom. The smallest absolute Gasteiger partial charge is 0.171 e. The van der Waals surface area contributed by atoms with Crippen LogP contribution >= 0.6 is 12.2 Å². The van der Waals surface area contributed by atoms with Gasteiger partial charge in [-0.3, -0.25) is 0 Å². The predicted octanol–water partition coefficient (Wildman–Crippen LogP) is 2.14. The summed E-state index contributed by atoms with van der Waals surface area (Å²) in [5.74, 6) is 0.832. The molecular formula is C19H28N3OS+. The third-order valence-corrected chi connectivity index (χ3v) is 5.55. The molecule has 4 nitrogen and oxygen atoms in total. The Kier molecular flexibility index (Phi) is 5.74. The van der Waals surface area contributed by atoms with Gasteiger partial charge in [-0.05, 0) is 49.7 Å². The molecule has 2 atom stereocenters. The molecule has 2 fully saturated rings. The van der Waals surface area contributed by atoms with E-state index in [9.17, 15) is 0 Å². The molecule has 1 aromatic carbocycles. The first-order valence-corrected chi connectivity index (χ1v) is 9.28. The quantitative estimate of drug-likeness (QED) is 0.564. The summed E-state index contributed by atoms with van der Waals surface area (Å²) in [6.45, 7) is 5.02. The molecule has 0 radical (unpaired) electrons. The van der Waals surface area contributed by atoms with Crippen LogP contribution in [0.2, 0.25) is 0 Å². The molecule has 0 aromatic heterocycles. The molecule has 3 N–H and O–H groups in total. The van der Waals surface area contributed by atoms with Gasteiger partial charge in [-0.2, -0.15) is 0 Å². The van der Waals surface area contributed by atoms with Crippen LogP contribution in [0.25, 0.3) is 0 Å². The minimum atomic E-state index is 0.472. The van der Waals surface area contributed by atoms with Crippen molar-refractivity contribution in [1.82, 2.24) is 5.32 Å². The van der Waals surface area contributed by atoms with Crippen LogP contribution < -0.4 is 20.3 Å². The van der Waals surface area contributed by atoms with Crippen molar-refractivity contribution in [2.75, 3.05) is 19.0 Å². The lowest BCUT2D eigenvalue weighted by atomic mass is 9.82. The average molecular weight is 347 g/mol. The Bertz CT molecular complexity index is 578. The van der Waals surface area contributed by atoms with Gasteiger partial charge in [0.25, 0.3) is 0 Å². The number of quaternary nitrogens is 1. The maximum absolute atomic E-state index is 5.52. The van der Waals surface area contributed by atoms with Crippen molar-refractivity contribution in [3.05, 3.63) is 36.9 Å². The van der Waals surface area contributed by atoms with Crippen molar-refractivity contribution < 1.29 is 9.64 Å². The van der Waals surface area contributed by atoms with E-state index in [1.165, 1.54) is 32.1 Å². The summed E-state index contributed by atoms with van der Waals surface area (Å²) in [7, 11) is 1.67. The number of thiocarbonyl (C=S) groups is 1. The second kappa shape index (κ2) is 7.99. The van der Waals surface area contributed by atoms with Crippen molar-refractivity contribution in [3.63, 3.8) is 0 Å².